The summed E-state index contributed by atoms with van der Waals surface area (Å²) >= 11 is 0. The van der Waals surface area contributed by atoms with E-state index in [1.807, 2.05) is 23.7 Å². The van der Waals surface area contributed by atoms with Gasteiger partial charge in [0.1, 0.15) is 35.6 Å². The van der Waals surface area contributed by atoms with Gasteiger partial charge in [0, 0.05) is 49.8 Å². The standard InChI is InChI=1S/C24H25FN6O2/c1-30-15-28-29-24(30)16-6-9-31(10-7-16)23-19(17-2-5-22(25)27-13-17)3-4-21(20(23)12-26)33-18-8-11-32-14-18/h2-5,13,15-16,18H,6-11,14H2,1H3. The number of nitriles is 1. The Bertz CT molecular complexity index is 1160. The lowest BCUT2D eigenvalue weighted by Gasteiger charge is -2.35. The van der Waals surface area contributed by atoms with Crippen molar-refractivity contribution in [3.05, 3.63) is 54.1 Å². The van der Waals surface area contributed by atoms with Crippen molar-refractivity contribution in [1.82, 2.24) is 19.7 Å². The third-order valence-corrected chi connectivity index (χ3v) is 6.39. The van der Waals surface area contributed by atoms with E-state index >= 15 is 0 Å². The number of aryl methyl sites for hydroxylation is 1. The molecule has 0 amide bonds. The summed E-state index contributed by atoms with van der Waals surface area (Å²) in [7, 11) is 1.96. The van der Waals surface area contributed by atoms with Gasteiger partial charge in [-0.2, -0.15) is 9.65 Å². The fourth-order valence-electron chi connectivity index (χ4n) is 4.68. The zero-order chi connectivity index (χ0) is 22.8. The summed E-state index contributed by atoms with van der Waals surface area (Å²) in [6.45, 7) is 2.69. The van der Waals surface area contributed by atoms with Gasteiger partial charge in [-0.1, -0.05) is 0 Å². The first-order valence-electron chi connectivity index (χ1n) is 11.2. The third-order valence-electron chi connectivity index (χ3n) is 6.39. The van der Waals surface area contributed by atoms with Gasteiger partial charge in [-0.15, -0.1) is 10.2 Å². The Morgan fingerprint density at radius 2 is 2.03 bits per heavy atom. The molecule has 2 aromatic heterocycles. The van der Waals surface area contributed by atoms with Gasteiger partial charge in [0.15, 0.2) is 0 Å². The number of benzene rings is 1. The molecule has 0 N–H and O–H groups in total. The lowest BCUT2D eigenvalue weighted by Crippen LogP contribution is -2.34. The number of aromatic nitrogens is 4. The minimum Gasteiger partial charge on any atom is -0.486 e. The van der Waals surface area contributed by atoms with Crippen LogP contribution in [0.3, 0.4) is 0 Å². The van der Waals surface area contributed by atoms with Gasteiger partial charge in [0.2, 0.25) is 5.95 Å². The van der Waals surface area contributed by atoms with Crippen LogP contribution in [0, 0.1) is 17.3 Å². The summed E-state index contributed by atoms with van der Waals surface area (Å²) in [6.07, 6.45) is 5.74. The maximum Gasteiger partial charge on any atom is 0.212 e. The third kappa shape index (κ3) is 4.26. The van der Waals surface area contributed by atoms with Crippen LogP contribution in [-0.4, -0.2) is 52.2 Å². The first kappa shape index (κ1) is 21.3. The molecule has 2 aliphatic heterocycles. The van der Waals surface area contributed by atoms with E-state index < -0.39 is 5.95 Å². The molecular weight excluding hydrogens is 423 g/mol. The van der Waals surface area contributed by atoms with Crippen LogP contribution in [0.1, 0.15) is 36.6 Å². The average molecular weight is 449 g/mol. The summed E-state index contributed by atoms with van der Waals surface area (Å²) in [4.78, 5) is 6.05. The molecular formula is C24H25FN6O2. The Balaban J connectivity index is 1.50. The summed E-state index contributed by atoms with van der Waals surface area (Å²) in [6, 6.07) is 9.17. The van der Waals surface area contributed by atoms with E-state index in [-0.39, 0.29) is 6.10 Å². The Labute approximate surface area is 191 Å². The maximum atomic E-state index is 13.5. The van der Waals surface area contributed by atoms with Crippen LogP contribution in [0.4, 0.5) is 10.1 Å². The molecule has 4 heterocycles. The molecule has 0 spiro atoms. The molecule has 8 nitrogen and oxygen atoms in total. The highest BCUT2D eigenvalue weighted by Gasteiger charge is 2.29. The van der Waals surface area contributed by atoms with Crippen molar-refractivity contribution in [3.63, 3.8) is 0 Å². The van der Waals surface area contributed by atoms with Crippen LogP contribution < -0.4 is 9.64 Å². The minimum atomic E-state index is -0.536. The van der Waals surface area contributed by atoms with Crippen molar-refractivity contribution < 1.29 is 13.9 Å². The number of hydrogen-bond acceptors (Lipinski definition) is 7. The number of pyridine rings is 1. The van der Waals surface area contributed by atoms with Gasteiger partial charge in [-0.25, -0.2) is 4.98 Å². The van der Waals surface area contributed by atoms with E-state index in [4.69, 9.17) is 9.47 Å². The number of ether oxygens (including phenoxy) is 2. The number of halogens is 1. The molecule has 170 valence electrons. The zero-order valence-electron chi connectivity index (χ0n) is 18.4. The predicted molar refractivity (Wildman–Crippen MR) is 119 cm³/mol. The largest absolute Gasteiger partial charge is 0.486 e. The molecule has 1 unspecified atom stereocenters. The minimum absolute atomic E-state index is 0.0649. The van der Waals surface area contributed by atoms with Gasteiger partial charge in [0.25, 0.3) is 0 Å². The average Bonchev–Trinajstić information content (AvgIpc) is 3.51. The van der Waals surface area contributed by atoms with Gasteiger partial charge >= 0.3 is 0 Å². The maximum absolute atomic E-state index is 13.5. The van der Waals surface area contributed by atoms with Gasteiger partial charge in [0.05, 0.1) is 18.9 Å². The lowest BCUT2D eigenvalue weighted by atomic mass is 9.93. The second kappa shape index (κ2) is 9.16. The second-order valence-electron chi connectivity index (χ2n) is 8.48. The summed E-state index contributed by atoms with van der Waals surface area (Å²) in [5, 5.41) is 18.5. The van der Waals surface area contributed by atoms with Crippen molar-refractivity contribution in [2.75, 3.05) is 31.2 Å². The summed E-state index contributed by atoms with van der Waals surface area (Å²) in [5.74, 6) is 1.31. The number of nitrogens with zero attached hydrogens (tertiary/aromatic N) is 6. The van der Waals surface area contributed by atoms with E-state index in [2.05, 4.69) is 26.2 Å². The summed E-state index contributed by atoms with van der Waals surface area (Å²) < 4.78 is 27.1. The molecule has 0 aliphatic carbocycles. The number of rotatable bonds is 5. The normalized spacial score (nSPS) is 18.9. The van der Waals surface area contributed by atoms with Gasteiger partial charge < -0.3 is 18.9 Å². The molecule has 2 aliphatic rings. The van der Waals surface area contributed by atoms with Crippen molar-refractivity contribution in [2.45, 2.75) is 31.3 Å². The van der Waals surface area contributed by atoms with E-state index in [1.165, 1.54) is 12.3 Å². The molecule has 33 heavy (non-hydrogen) atoms. The molecule has 0 radical (unpaired) electrons. The van der Waals surface area contributed by atoms with Crippen LogP contribution in [-0.2, 0) is 11.8 Å². The Hall–Kier alpha value is -3.51. The fourth-order valence-corrected chi connectivity index (χ4v) is 4.68. The van der Waals surface area contributed by atoms with Crippen LogP contribution in [0.5, 0.6) is 5.75 Å². The quantitative estimate of drug-likeness (QED) is 0.553. The Kier molecular flexibility index (Phi) is 5.92. The van der Waals surface area contributed by atoms with Crippen molar-refractivity contribution in [3.8, 4) is 22.9 Å². The molecule has 5 rings (SSSR count). The van der Waals surface area contributed by atoms with Crippen LogP contribution >= 0.6 is 0 Å². The predicted octanol–water partition coefficient (Wildman–Crippen LogP) is 3.44. The Morgan fingerprint density at radius 1 is 1.18 bits per heavy atom. The first-order valence-corrected chi connectivity index (χ1v) is 11.2. The highest BCUT2D eigenvalue weighted by atomic mass is 19.1. The van der Waals surface area contributed by atoms with Crippen molar-refractivity contribution >= 4 is 5.69 Å². The van der Waals surface area contributed by atoms with Gasteiger partial charge in [-0.05, 0) is 37.1 Å². The topological polar surface area (TPSA) is 89.1 Å². The van der Waals surface area contributed by atoms with E-state index in [1.54, 1.807) is 12.4 Å². The van der Waals surface area contributed by atoms with Crippen molar-refractivity contribution in [2.24, 2.45) is 7.05 Å². The van der Waals surface area contributed by atoms with Gasteiger partial charge in [-0.3, -0.25) is 0 Å². The van der Waals surface area contributed by atoms with Crippen molar-refractivity contribution in [1.29, 1.82) is 5.26 Å². The molecule has 0 saturated carbocycles. The van der Waals surface area contributed by atoms with E-state index in [0.717, 1.165) is 55.0 Å². The highest BCUT2D eigenvalue weighted by molar-refractivity contribution is 5.85. The highest BCUT2D eigenvalue weighted by Crippen LogP contribution is 2.41. The molecule has 1 aromatic carbocycles. The number of hydrogen-bond donors (Lipinski definition) is 0. The van der Waals surface area contributed by atoms with Crippen LogP contribution in [0.2, 0.25) is 0 Å². The molecule has 1 atom stereocenters. The van der Waals surface area contributed by atoms with E-state index in [0.29, 0.717) is 30.4 Å². The van der Waals surface area contributed by atoms with Crippen LogP contribution in [0.15, 0.2) is 36.8 Å². The molecule has 9 heteroatoms. The number of piperidine rings is 1. The second-order valence-corrected chi connectivity index (χ2v) is 8.48. The first-order chi connectivity index (χ1) is 16.1. The molecule has 2 saturated heterocycles. The zero-order valence-corrected chi connectivity index (χ0v) is 18.4. The van der Waals surface area contributed by atoms with E-state index in [9.17, 15) is 9.65 Å². The molecule has 2 fully saturated rings. The summed E-state index contributed by atoms with van der Waals surface area (Å²) in [5.41, 5.74) is 2.89. The SMILES string of the molecule is Cn1cnnc1C1CCN(c2c(-c3ccc(F)nc3)ccc(OC3CCOC3)c2C#N)CC1. The molecule has 3 aromatic rings. The smallest absolute Gasteiger partial charge is 0.212 e. The molecule has 0 bridgehead atoms. The Morgan fingerprint density at radius 3 is 2.67 bits per heavy atom. The monoisotopic (exact) mass is 448 g/mol. The fraction of sp³-hybridized carbons (Fsp3) is 0.417. The van der Waals surface area contributed by atoms with Crippen LogP contribution in [0.25, 0.3) is 11.1 Å². The number of anilines is 1. The lowest BCUT2D eigenvalue weighted by molar-refractivity contribution is 0.141.